The van der Waals surface area contributed by atoms with Gasteiger partial charge in [0.1, 0.15) is 0 Å². The Labute approximate surface area is 111 Å². The third-order valence-electron chi connectivity index (χ3n) is 3.40. The predicted octanol–water partition coefficient (Wildman–Crippen LogP) is 3.03. The van der Waals surface area contributed by atoms with Gasteiger partial charge in [-0.15, -0.1) is 11.3 Å². The Morgan fingerprint density at radius 2 is 2.50 bits per heavy atom. The minimum Gasteiger partial charge on any atom is -0.338 e. The summed E-state index contributed by atoms with van der Waals surface area (Å²) in [5.41, 5.74) is 0. The normalized spacial score (nSPS) is 20.6. The first-order valence-electron chi connectivity index (χ1n) is 6.45. The van der Waals surface area contributed by atoms with E-state index < -0.39 is 0 Å². The van der Waals surface area contributed by atoms with E-state index in [-0.39, 0.29) is 0 Å². The minimum absolute atomic E-state index is 0.530. The zero-order valence-corrected chi connectivity index (χ0v) is 11.3. The van der Waals surface area contributed by atoms with Crippen molar-refractivity contribution in [1.29, 1.82) is 0 Å². The van der Waals surface area contributed by atoms with Crippen LogP contribution >= 0.6 is 11.3 Å². The van der Waals surface area contributed by atoms with Crippen LogP contribution in [0.2, 0.25) is 0 Å². The number of rotatable bonds is 4. The molecule has 2 aromatic rings. The Morgan fingerprint density at radius 1 is 1.56 bits per heavy atom. The Kier molecular flexibility index (Phi) is 3.43. The monoisotopic (exact) mass is 263 g/mol. The first-order chi connectivity index (χ1) is 8.86. The Morgan fingerprint density at radius 3 is 3.22 bits per heavy atom. The van der Waals surface area contributed by atoms with Gasteiger partial charge < -0.3 is 4.52 Å². The Hall–Kier alpha value is -1.20. The van der Waals surface area contributed by atoms with Crippen molar-refractivity contribution in [3.63, 3.8) is 0 Å². The third-order valence-corrected chi connectivity index (χ3v) is 4.37. The van der Waals surface area contributed by atoms with Crippen LogP contribution in [0.3, 0.4) is 0 Å². The predicted molar refractivity (Wildman–Crippen MR) is 70.4 cm³/mol. The van der Waals surface area contributed by atoms with Gasteiger partial charge in [-0.05, 0) is 30.8 Å². The van der Waals surface area contributed by atoms with Crippen molar-refractivity contribution >= 4 is 11.3 Å². The first kappa shape index (κ1) is 11.9. The zero-order valence-electron chi connectivity index (χ0n) is 10.5. The third kappa shape index (κ3) is 2.33. The number of aryl methyl sites for hydroxylation is 1. The van der Waals surface area contributed by atoms with Gasteiger partial charge in [0.2, 0.25) is 5.89 Å². The van der Waals surface area contributed by atoms with Crippen LogP contribution in [0.15, 0.2) is 22.0 Å². The summed E-state index contributed by atoms with van der Waals surface area (Å²) in [6.45, 7) is 3.93. The molecule has 1 unspecified atom stereocenters. The van der Waals surface area contributed by atoms with E-state index in [0.717, 1.165) is 31.2 Å². The lowest BCUT2D eigenvalue weighted by atomic mass is 10.2. The standard InChI is InChI=1S/C13H17N3OS/c1-2-12-14-13(17-15-12)9-16-7-3-5-10(16)11-6-4-8-18-11/h4,6,8,10H,2-3,5,7,9H2,1H3. The van der Waals surface area contributed by atoms with E-state index in [4.69, 9.17) is 4.52 Å². The molecule has 2 aromatic heterocycles. The van der Waals surface area contributed by atoms with E-state index >= 15 is 0 Å². The van der Waals surface area contributed by atoms with E-state index in [1.54, 1.807) is 0 Å². The van der Waals surface area contributed by atoms with Crippen molar-refractivity contribution in [2.75, 3.05) is 6.54 Å². The van der Waals surface area contributed by atoms with E-state index in [1.165, 1.54) is 17.7 Å². The van der Waals surface area contributed by atoms with E-state index in [0.29, 0.717) is 6.04 Å². The maximum absolute atomic E-state index is 5.28. The summed E-state index contributed by atoms with van der Waals surface area (Å²) >= 11 is 1.84. The largest absolute Gasteiger partial charge is 0.338 e. The highest BCUT2D eigenvalue weighted by Crippen LogP contribution is 2.35. The van der Waals surface area contributed by atoms with Gasteiger partial charge in [-0.1, -0.05) is 18.1 Å². The molecule has 4 nitrogen and oxygen atoms in total. The average Bonchev–Trinajstić information content (AvgIpc) is 3.09. The molecule has 0 spiro atoms. The van der Waals surface area contributed by atoms with Crippen molar-refractivity contribution in [2.24, 2.45) is 0 Å². The van der Waals surface area contributed by atoms with Crippen LogP contribution in [0.1, 0.15) is 42.4 Å². The van der Waals surface area contributed by atoms with Crippen molar-refractivity contribution in [3.8, 4) is 0 Å². The molecule has 18 heavy (non-hydrogen) atoms. The highest BCUT2D eigenvalue weighted by atomic mass is 32.1. The summed E-state index contributed by atoms with van der Waals surface area (Å²) in [7, 11) is 0. The van der Waals surface area contributed by atoms with Gasteiger partial charge in [-0.2, -0.15) is 4.98 Å². The molecular weight excluding hydrogens is 246 g/mol. The fraction of sp³-hybridized carbons (Fsp3) is 0.538. The van der Waals surface area contributed by atoms with Gasteiger partial charge in [0.05, 0.1) is 6.54 Å². The molecule has 1 fully saturated rings. The van der Waals surface area contributed by atoms with E-state index in [9.17, 15) is 0 Å². The number of aromatic nitrogens is 2. The number of nitrogens with zero attached hydrogens (tertiary/aromatic N) is 3. The molecular formula is C13H17N3OS. The van der Waals surface area contributed by atoms with Gasteiger partial charge in [-0.3, -0.25) is 4.90 Å². The number of hydrogen-bond donors (Lipinski definition) is 0. The number of thiophene rings is 1. The second-order valence-corrected chi connectivity index (χ2v) is 5.58. The summed E-state index contributed by atoms with van der Waals surface area (Å²) in [4.78, 5) is 8.28. The minimum atomic E-state index is 0.530. The van der Waals surface area contributed by atoms with Gasteiger partial charge in [-0.25, -0.2) is 0 Å². The Balaban J connectivity index is 1.71. The lowest BCUT2D eigenvalue weighted by Crippen LogP contribution is -2.22. The van der Waals surface area contributed by atoms with Crippen LogP contribution in [0.4, 0.5) is 0 Å². The molecule has 5 heteroatoms. The molecule has 0 amide bonds. The molecule has 0 bridgehead atoms. The molecule has 0 aromatic carbocycles. The van der Waals surface area contributed by atoms with E-state index in [2.05, 4.69) is 32.6 Å². The second kappa shape index (κ2) is 5.20. The quantitative estimate of drug-likeness (QED) is 0.850. The smallest absolute Gasteiger partial charge is 0.240 e. The second-order valence-electron chi connectivity index (χ2n) is 4.60. The fourth-order valence-electron chi connectivity index (χ4n) is 2.49. The topological polar surface area (TPSA) is 42.2 Å². The first-order valence-corrected chi connectivity index (χ1v) is 7.33. The SMILES string of the molecule is CCc1noc(CN2CCCC2c2cccs2)n1. The van der Waals surface area contributed by atoms with Crippen molar-refractivity contribution < 1.29 is 4.52 Å². The molecule has 0 aliphatic carbocycles. The maximum Gasteiger partial charge on any atom is 0.240 e. The molecule has 1 aliphatic rings. The number of likely N-dealkylation sites (tertiary alicyclic amines) is 1. The van der Waals surface area contributed by atoms with Crippen LogP contribution < -0.4 is 0 Å². The van der Waals surface area contributed by atoms with Crippen molar-refractivity contribution in [3.05, 3.63) is 34.1 Å². The summed E-state index contributed by atoms with van der Waals surface area (Å²) < 4.78 is 5.28. The van der Waals surface area contributed by atoms with Crippen LogP contribution in [0.5, 0.6) is 0 Å². The van der Waals surface area contributed by atoms with Crippen molar-refractivity contribution in [2.45, 2.75) is 38.8 Å². The van der Waals surface area contributed by atoms with Gasteiger partial charge in [0.25, 0.3) is 0 Å². The molecule has 0 radical (unpaired) electrons. The van der Waals surface area contributed by atoms with Crippen LogP contribution in [-0.2, 0) is 13.0 Å². The lowest BCUT2D eigenvalue weighted by molar-refractivity contribution is 0.214. The van der Waals surface area contributed by atoms with Gasteiger partial charge in [0.15, 0.2) is 5.82 Å². The van der Waals surface area contributed by atoms with E-state index in [1.807, 2.05) is 18.3 Å². The van der Waals surface area contributed by atoms with Gasteiger partial charge in [0, 0.05) is 17.3 Å². The van der Waals surface area contributed by atoms with Crippen LogP contribution in [0.25, 0.3) is 0 Å². The average molecular weight is 263 g/mol. The fourth-order valence-corrected chi connectivity index (χ4v) is 3.39. The van der Waals surface area contributed by atoms with Gasteiger partial charge >= 0.3 is 0 Å². The molecule has 96 valence electrons. The molecule has 0 N–H and O–H groups in total. The summed E-state index contributed by atoms with van der Waals surface area (Å²) in [6, 6.07) is 4.87. The molecule has 1 saturated heterocycles. The molecule has 0 saturated carbocycles. The maximum atomic E-state index is 5.28. The molecule has 1 aliphatic heterocycles. The molecule has 3 rings (SSSR count). The summed E-state index contributed by atoms with van der Waals surface area (Å²) in [5.74, 6) is 1.55. The lowest BCUT2D eigenvalue weighted by Gasteiger charge is -2.21. The Bertz CT molecular complexity index is 494. The highest BCUT2D eigenvalue weighted by molar-refractivity contribution is 7.10. The zero-order chi connectivity index (χ0) is 12.4. The molecule has 3 heterocycles. The molecule has 1 atom stereocenters. The summed E-state index contributed by atoms with van der Waals surface area (Å²) in [6.07, 6.45) is 3.31. The number of hydrogen-bond acceptors (Lipinski definition) is 5. The summed E-state index contributed by atoms with van der Waals surface area (Å²) in [5, 5.41) is 6.10. The van der Waals surface area contributed by atoms with Crippen LogP contribution in [0, 0.1) is 0 Å². The van der Waals surface area contributed by atoms with Crippen molar-refractivity contribution in [1.82, 2.24) is 15.0 Å². The van der Waals surface area contributed by atoms with Crippen LogP contribution in [-0.4, -0.2) is 21.6 Å². The highest BCUT2D eigenvalue weighted by Gasteiger charge is 2.28.